The van der Waals surface area contributed by atoms with Crippen LogP contribution in [0.2, 0.25) is 5.02 Å². The molecule has 15 heavy (non-hydrogen) atoms. The molecule has 0 bridgehead atoms. The molecular formula is C12H15ClFN. The van der Waals surface area contributed by atoms with Gasteiger partial charge in [-0.25, -0.2) is 4.39 Å². The van der Waals surface area contributed by atoms with Crippen molar-refractivity contribution in [2.75, 3.05) is 0 Å². The quantitative estimate of drug-likeness (QED) is 0.832. The van der Waals surface area contributed by atoms with Crippen LogP contribution in [0.5, 0.6) is 0 Å². The normalized spacial score (nSPS) is 17.8. The monoisotopic (exact) mass is 227 g/mol. The lowest BCUT2D eigenvalue weighted by molar-refractivity contribution is 0.495. The van der Waals surface area contributed by atoms with Crippen molar-refractivity contribution >= 4 is 11.6 Å². The standard InChI is InChI=1S/C12H15ClFN/c1-8(9-5-6-9)15-7-10-3-2-4-11(14)12(10)13/h2-4,8-9,15H,5-7H2,1H3. The minimum atomic E-state index is -0.338. The predicted octanol–water partition coefficient (Wildman–Crippen LogP) is 3.37. The Morgan fingerprint density at radius 1 is 1.53 bits per heavy atom. The van der Waals surface area contributed by atoms with Crippen molar-refractivity contribution in [2.24, 2.45) is 5.92 Å². The molecule has 0 spiro atoms. The van der Waals surface area contributed by atoms with E-state index >= 15 is 0 Å². The molecule has 82 valence electrons. The molecule has 1 aromatic carbocycles. The topological polar surface area (TPSA) is 12.0 Å². The van der Waals surface area contributed by atoms with E-state index in [0.29, 0.717) is 12.6 Å². The molecule has 1 nitrogen and oxygen atoms in total. The summed E-state index contributed by atoms with van der Waals surface area (Å²) in [4.78, 5) is 0. The Morgan fingerprint density at radius 3 is 2.93 bits per heavy atom. The van der Waals surface area contributed by atoms with Crippen LogP contribution in [0.1, 0.15) is 25.3 Å². The second-order valence-electron chi connectivity index (χ2n) is 4.22. The average molecular weight is 228 g/mol. The highest BCUT2D eigenvalue weighted by atomic mass is 35.5. The predicted molar refractivity (Wildman–Crippen MR) is 60.4 cm³/mol. The van der Waals surface area contributed by atoms with Gasteiger partial charge in [0.15, 0.2) is 0 Å². The van der Waals surface area contributed by atoms with Crippen LogP contribution in [-0.2, 0) is 6.54 Å². The number of hydrogen-bond donors (Lipinski definition) is 1. The van der Waals surface area contributed by atoms with Crippen LogP contribution < -0.4 is 5.32 Å². The van der Waals surface area contributed by atoms with Gasteiger partial charge in [-0.1, -0.05) is 23.7 Å². The van der Waals surface area contributed by atoms with Gasteiger partial charge >= 0.3 is 0 Å². The molecule has 0 aromatic heterocycles. The first-order valence-corrected chi connectivity index (χ1v) is 5.72. The molecule has 1 atom stereocenters. The zero-order valence-corrected chi connectivity index (χ0v) is 9.52. The van der Waals surface area contributed by atoms with Crippen LogP contribution in [0.4, 0.5) is 4.39 Å². The van der Waals surface area contributed by atoms with E-state index in [2.05, 4.69) is 12.2 Å². The third kappa shape index (κ3) is 2.70. The summed E-state index contributed by atoms with van der Waals surface area (Å²) in [6.07, 6.45) is 2.62. The fraction of sp³-hybridized carbons (Fsp3) is 0.500. The Labute approximate surface area is 94.6 Å². The van der Waals surface area contributed by atoms with Gasteiger partial charge in [0.25, 0.3) is 0 Å². The maximum atomic E-state index is 13.1. The second-order valence-corrected chi connectivity index (χ2v) is 4.60. The van der Waals surface area contributed by atoms with Gasteiger partial charge in [-0.3, -0.25) is 0 Å². The van der Waals surface area contributed by atoms with Gasteiger partial charge in [0.2, 0.25) is 0 Å². The molecule has 1 fully saturated rings. The molecule has 1 N–H and O–H groups in total. The van der Waals surface area contributed by atoms with Gasteiger partial charge in [-0.15, -0.1) is 0 Å². The van der Waals surface area contributed by atoms with Crippen molar-refractivity contribution in [3.63, 3.8) is 0 Å². The van der Waals surface area contributed by atoms with E-state index in [4.69, 9.17) is 11.6 Å². The molecule has 0 radical (unpaired) electrons. The van der Waals surface area contributed by atoms with Gasteiger partial charge in [-0.05, 0) is 37.3 Å². The van der Waals surface area contributed by atoms with Crippen molar-refractivity contribution in [3.8, 4) is 0 Å². The van der Waals surface area contributed by atoms with E-state index in [1.54, 1.807) is 6.07 Å². The van der Waals surface area contributed by atoms with Crippen molar-refractivity contribution < 1.29 is 4.39 Å². The largest absolute Gasteiger partial charge is 0.310 e. The third-order valence-corrected chi connectivity index (χ3v) is 3.40. The lowest BCUT2D eigenvalue weighted by Gasteiger charge is -2.13. The summed E-state index contributed by atoms with van der Waals surface area (Å²) in [5.41, 5.74) is 0.837. The van der Waals surface area contributed by atoms with Gasteiger partial charge < -0.3 is 5.32 Å². The Hall–Kier alpha value is -0.600. The molecule has 1 aliphatic carbocycles. The SMILES string of the molecule is CC(NCc1cccc(F)c1Cl)C1CC1. The Balaban J connectivity index is 1.95. The third-order valence-electron chi connectivity index (χ3n) is 2.98. The van der Waals surface area contributed by atoms with Crippen molar-refractivity contribution in [2.45, 2.75) is 32.4 Å². The molecule has 0 heterocycles. The molecule has 1 aromatic rings. The fourth-order valence-electron chi connectivity index (χ4n) is 1.72. The van der Waals surface area contributed by atoms with Crippen LogP contribution in [-0.4, -0.2) is 6.04 Å². The van der Waals surface area contributed by atoms with Crippen molar-refractivity contribution in [1.82, 2.24) is 5.32 Å². The summed E-state index contributed by atoms with van der Waals surface area (Å²) < 4.78 is 13.1. The van der Waals surface area contributed by atoms with Gasteiger partial charge in [0.1, 0.15) is 5.82 Å². The van der Waals surface area contributed by atoms with E-state index < -0.39 is 0 Å². The maximum Gasteiger partial charge on any atom is 0.142 e. The lowest BCUT2D eigenvalue weighted by Crippen LogP contribution is -2.27. The number of rotatable bonds is 4. The van der Waals surface area contributed by atoms with Gasteiger partial charge in [-0.2, -0.15) is 0 Å². The summed E-state index contributed by atoms with van der Waals surface area (Å²) in [7, 11) is 0. The van der Waals surface area contributed by atoms with E-state index in [9.17, 15) is 4.39 Å². The van der Waals surface area contributed by atoms with E-state index in [1.165, 1.54) is 18.9 Å². The summed E-state index contributed by atoms with van der Waals surface area (Å²) in [6, 6.07) is 5.44. The fourth-order valence-corrected chi connectivity index (χ4v) is 1.91. The van der Waals surface area contributed by atoms with Crippen molar-refractivity contribution in [3.05, 3.63) is 34.6 Å². The first-order chi connectivity index (χ1) is 7.18. The Kier molecular flexibility index (Phi) is 3.27. The second kappa shape index (κ2) is 4.50. The molecule has 0 amide bonds. The molecule has 0 saturated heterocycles. The first kappa shape index (κ1) is 10.9. The van der Waals surface area contributed by atoms with Crippen molar-refractivity contribution in [1.29, 1.82) is 0 Å². The zero-order chi connectivity index (χ0) is 10.8. The van der Waals surface area contributed by atoms with E-state index in [1.807, 2.05) is 6.07 Å². The van der Waals surface area contributed by atoms with E-state index in [-0.39, 0.29) is 10.8 Å². The van der Waals surface area contributed by atoms with Crippen LogP contribution in [0.15, 0.2) is 18.2 Å². The zero-order valence-electron chi connectivity index (χ0n) is 8.76. The molecule has 1 aliphatic rings. The van der Waals surface area contributed by atoms with Crippen LogP contribution in [0.3, 0.4) is 0 Å². The average Bonchev–Trinajstić information content (AvgIpc) is 3.03. The maximum absolute atomic E-state index is 13.1. The highest BCUT2D eigenvalue weighted by Gasteiger charge is 2.27. The van der Waals surface area contributed by atoms with Crippen LogP contribution in [0, 0.1) is 11.7 Å². The minimum absolute atomic E-state index is 0.244. The first-order valence-electron chi connectivity index (χ1n) is 5.34. The Morgan fingerprint density at radius 2 is 2.27 bits per heavy atom. The molecule has 1 unspecified atom stereocenters. The number of benzene rings is 1. The number of hydrogen-bond acceptors (Lipinski definition) is 1. The molecule has 1 saturated carbocycles. The Bertz CT molecular complexity index is 349. The van der Waals surface area contributed by atoms with Gasteiger partial charge in [0.05, 0.1) is 5.02 Å². The van der Waals surface area contributed by atoms with Crippen LogP contribution >= 0.6 is 11.6 Å². The molecule has 2 rings (SSSR count). The highest BCUT2D eigenvalue weighted by molar-refractivity contribution is 6.31. The van der Waals surface area contributed by atoms with Gasteiger partial charge in [0, 0.05) is 12.6 Å². The molecule has 0 aliphatic heterocycles. The minimum Gasteiger partial charge on any atom is -0.310 e. The summed E-state index contributed by atoms with van der Waals surface area (Å²) >= 11 is 5.86. The smallest absolute Gasteiger partial charge is 0.142 e. The molecular weight excluding hydrogens is 213 g/mol. The van der Waals surface area contributed by atoms with Crippen LogP contribution in [0.25, 0.3) is 0 Å². The highest BCUT2D eigenvalue weighted by Crippen LogP contribution is 2.32. The number of halogens is 2. The lowest BCUT2D eigenvalue weighted by atomic mass is 10.1. The van der Waals surface area contributed by atoms with E-state index in [0.717, 1.165) is 11.5 Å². The summed E-state index contributed by atoms with van der Waals surface area (Å²) in [5.74, 6) is 0.465. The molecule has 3 heteroatoms. The number of nitrogens with one attached hydrogen (secondary N) is 1. The summed E-state index contributed by atoms with van der Waals surface area (Å²) in [6.45, 7) is 2.82. The summed E-state index contributed by atoms with van der Waals surface area (Å²) in [5, 5.41) is 3.62.